The number of carbonyl (C=O) groups excluding carboxylic acids is 2. The molecule has 1 aromatic carbocycles. The zero-order valence-corrected chi connectivity index (χ0v) is 16.2. The number of nitrogens with one attached hydrogen (secondary N) is 2. The maximum Gasteiger partial charge on any atom is 0.422 e. The number of esters is 1. The number of hydrogen-bond acceptors (Lipinski definition) is 6. The van der Waals surface area contributed by atoms with Crippen LogP contribution in [0.15, 0.2) is 12.1 Å². The van der Waals surface area contributed by atoms with Crippen LogP contribution in [0, 0.1) is 11.6 Å². The lowest BCUT2D eigenvalue weighted by atomic mass is 10.1. The van der Waals surface area contributed by atoms with Crippen molar-refractivity contribution in [1.29, 1.82) is 0 Å². The summed E-state index contributed by atoms with van der Waals surface area (Å²) >= 11 is 0. The van der Waals surface area contributed by atoms with E-state index in [1.165, 1.54) is 0 Å². The van der Waals surface area contributed by atoms with Gasteiger partial charge in [0.2, 0.25) is 0 Å². The first-order chi connectivity index (χ1) is 12.3. The van der Waals surface area contributed by atoms with Crippen molar-refractivity contribution in [2.45, 2.75) is 39.2 Å². The minimum atomic E-state index is -4.13. The molecule has 1 aromatic rings. The van der Waals surface area contributed by atoms with E-state index in [1.54, 1.807) is 25.5 Å². The Balaban J connectivity index is 2.56. The number of methoxy groups -OCH3 is 1. The van der Waals surface area contributed by atoms with Crippen LogP contribution in [0.3, 0.4) is 0 Å². The molecule has 0 heterocycles. The second-order valence-corrected chi connectivity index (χ2v) is 8.03. The summed E-state index contributed by atoms with van der Waals surface area (Å²) < 4.78 is 64.0. The fourth-order valence-corrected chi connectivity index (χ4v) is 2.76. The number of benzene rings is 1. The molecule has 0 aliphatic heterocycles. The van der Waals surface area contributed by atoms with Gasteiger partial charge >= 0.3 is 22.3 Å². The standard InChI is InChI=1S/C16H22F2N2O6S/c1-16(2,3)26-15(22)20-27(23,24)19-7-5-6-10-8-11(17)13(12(18)9-10)14(21)25-4/h8-9,19H,5-7H2,1-4H3,(H,20,22). The van der Waals surface area contributed by atoms with Gasteiger partial charge in [0.05, 0.1) is 7.11 Å². The molecule has 0 aromatic heterocycles. The predicted octanol–water partition coefficient (Wildman–Crippen LogP) is 2.04. The second-order valence-electron chi connectivity index (χ2n) is 6.53. The Morgan fingerprint density at radius 3 is 2.19 bits per heavy atom. The lowest BCUT2D eigenvalue weighted by Gasteiger charge is -2.19. The summed E-state index contributed by atoms with van der Waals surface area (Å²) in [5.41, 5.74) is -1.41. The molecule has 152 valence electrons. The molecular formula is C16H22F2N2O6S. The van der Waals surface area contributed by atoms with Crippen molar-refractivity contribution in [3.05, 3.63) is 34.9 Å². The van der Waals surface area contributed by atoms with E-state index in [2.05, 4.69) is 9.46 Å². The number of amides is 1. The van der Waals surface area contributed by atoms with E-state index in [9.17, 15) is 26.8 Å². The van der Waals surface area contributed by atoms with Crippen molar-refractivity contribution in [1.82, 2.24) is 9.44 Å². The second kappa shape index (κ2) is 9.09. The Morgan fingerprint density at radius 1 is 1.15 bits per heavy atom. The van der Waals surface area contributed by atoms with Gasteiger partial charge in [-0.25, -0.2) is 23.1 Å². The highest BCUT2D eigenvalue weighted by molar-refractivity contribution is 7.88. The summed E-state index contributed by atoms with van der Waals surface area (Å²) in [5, 5.41) is 0. The van der Waals surface area contributed by atoms with Crippen molar-refractivity contribution in [3.8, 4) is 0 Å². The van der Waals surface area contributed by atoms with Crippen molar-refractivity contribution < 1.29 is 36.3 Å². The summed E-state index contributed by atoms with van der Waals surface area (Å²) in [6, 6.07) is 1.95. The maximum absolute atomic E-state index is 13.8. The van der Waals surface area contributed by atoms with Crippen molar-refractivity contribution in [2.24, 2.45) is 0 Å². The van der Waals surface area contributed by atoms with Crippen LogP contribution in [0.2, 0.25) is 0 Å². The average molecular weight is 408 g/mol. The number of aryl methyl sites for hydroxylation is 1. The average Bonchev–Trinajstić information content (AvgIpc) is 2.48. The number of carbonyl (C=O) groups is 2. The van der Waals surface area contributed by atoms with E-state index in [1.807, 2.05) is 0 Å². The molecule has 0 saturated carbocycles. The fourth-order valence-electron chi connectivity index (χ4n) is 2.01. The van der Waals surface area contributed by atoms with Crippen LogP contribution in [0.4, 0.5) is 13.6 Å². The highest BCUT2D eigenvalue weighted by Gasteiger charge is 2.21. The Morgan fingerprint density at radius 2 is 1.70 bits per heavy atom. The van der Waals surface area contributed by atoms with Gasteiger partial charge in [0, 0.05) is 6.54 Å². The van der Waals surface area contributed by atoms with Gasteiger partial charge in [-0.3, -0.25) is 0 Å². The van der Waals surface area contributed by atoms with Crippen molar-refractivity contribution in [3.63, 3.8) is 0 Å². The molecule has 8 nitrogen and oxygen atoms in total. The van der Waals surface area contributed by atoms with Gasteiger partial charge in [-0.1, -0.05) is 0 Å². The van der Waals surface area contributed by atoms with Crippen LogP contribution in [-0.2, 0) is 26.1 Å². The van der Waals surface area contributed by atoms with E-state index < -0.39 is 45.1 Å². The van der Waals surface area contributed by atoms with Gasteiger partial charge in [0.25, 0.3) is 0 Å². The summed E-state index contributed by atoms with van der Waals surface area (Å²) in [4.78, 5) is 22.7. The molecule has 0 atom stereocenters. The molecule has 2 N–H and O–H groups in total. The first kappa shape index (κ1) is 22.8. The summed E-state index contributed by atoms with van der Waals surface area (Å²) in [5.74, 6) is -3.26. The van der Waals surface area contributed by atoms with Crippen LogP contribution in [-0.4, -0.2) is 39.7 Å². The molecule has 0 saturated heterocycles. The minimum Gasteiger partial charge on any atom is -0.465 e. The zero-order chi connectivity index (χ0) is 20.8. The molecular weight excluding hydrogens is 386 g/mol. The molecule has 0 spiro atoms. The summed E-state index contributed by atoms with van der Waals surface area (Å²) in [7, 11) is -3.12. The van der Waals surface area contributed by atoms with Gasteiger partial charge in [0.1, 0.15) is 22.8 Å². The molecule has 1 rings (SSSR count). The first-order valence-corrected chi connectivity index (χ1v) is 9.39. The SMILES string of the molecule is COC(=O)c1c(F)cc(CCCNS(=O)(=O)NC(=O)OC(C)(C)C)cc1F. The molecule has 0 unspecified atom stereocenters. The fraction of sp³-hybridized carbons (Fsp3) is 0.500. The van der Waals surface area contributed by atoms with E-state index >= 15 is 0 Å². The quantitative estimate of drug-likeness (QED) is 0.528. The van der Waals surface area contributed by atoms with E-state index in [0.717, 1.165) is 19.2 Å². The molecule has 1 amide bonds. The molecule has 0 fully saturated rings. The minimum absolute atomic E-state index is 0.0971. The number of ether oxygens (including phenoxy) is 2. The smallest absolute Gasteiger partial charge is 0.422 e. The maximum atomic E-state index is 13.8. The first-order valence-electron chi connectivity index (χ1n) is 7.91. The third-order valence-corrected chi connectivity index (χ3v) is 4.06. The zero-order valence-electron chi connectivity index (χ0n) is 15.4. The predicted molar refractivity (Wildman–Crippen MR) is 92.3 cm³/mol. The van der Waals surface area contributed by atoms with Crippen molar-refractivity contribution in [2.75, 3.05) is 13.7 Å². The van der Waals surface area contributed by atoms with Crippen LogP contribution in [0.25, 0.3) is 0 Å². The molecule has 27 heavy (non-hydrogen) atoms. The molecule has 0 aliphatic rings. The van der Waals surface area contributed by atoms with Gasteiger partial charge < -0.3 is 9.47 Å². The van der Waals surface area contributed by atoms with Gasteiger partial charge in [-0.15, -0.1) is 0 Å². The van der Waals surface area contributed by atoms with Gasteiger partial charge in [-0.05, 0) is 51.3 Å². The monoisotopic (exact) mass is 408 g/mol. The van der Waals surface area contributed by atoms with Crippen LogP contribution >= 0.6 is 0 Å². The number of hydrogen-bond donors (Lipinski definition) is 2. The van der Waals surface area contributed by atoms with Gasteiger partial charge in [-0.2, -0.15) is 13.1 Å². The van der Waals surface area contributed by atoms with E-state index in [-0.39, 0.29) is 24.9 Å². The molecule has 0 aliphatic carbocycles. The van der Waals surface area contributed by atoms with Crippen molar-refractivity contribution >= 4 is 22.3 Å². The lowest BCUT2D eigenvalue weighted by Crippen LogP contribution is -2.43. The topological polar surface area (TPSA) is 111 Å². The Kier molecular flexibility index (Phi) is 7.66. The molecule has 11 heteroatoms. The van der Waals surface area contributed by atoms with Gasteiger partial charge in [0.15, 0.2) is 0 Å². The Labute approximate surface area is 156 Å². The normalized spacial score (nSPS) is 11.8. The largest absolute Gasteiger partial charge is 0.465 e. The highest BCUT2D eigenvalue weighted by atomic mass is 32.2. The third kappa shape index (κ3) is 7.87. The lowest BCUT2D eigenvalue weighted by molar-refractivity contribution is 0.0564. The molecule has 0 radical (unpaired) electrons. The van der Waals surface area contributed by atoms with E-state index in [0.29, 0.717) is 0 Å². The number of halogens is 2. The Hall–Kier alpha value is -2.27. The molecule has 0 bridgehead atoms. The Bertz CT molecular complexity index is 783. The summed E-state index contributed by atoms with van der Waals surface area (Å²) in [6.45, 7) is 4.64. The summed E-state index contributed by atoms with van der Waals surface area (Å²) in [6.07, 6.45) is -0.812. The number of rotatable bonds is 7. The van der Waals surface area contributed by atoms with E-state index in [4.69, 9.17) is 4.74 Å². The third-order valence-electron chi connectivity index (χ3n) is 3.04. The van der Waals surface area contributed by atoms with Crippen LogP contribution in [0.5, 0.6) is 0 Å². The highest BCUT2D eigenvalue weighted by Crippen LogP contribution is 2.17. The van der Waals surface area contributed by atoms with Crippen LogP contribution < -0.4 is 9.44 Å². The van der Waals surface area contributed by atoms with Crippen LogP contribution in [0.1, 0.15) is 43.1 Å².